The minimum absolute atomic E-state index is 0.102. The summed E-state index contributed by atoms with van der Waals surface area (Å²) in [7, 11) is 0. The molecule has 0 radical (unpaired) electrons. The molecule has 0 aliphatic rings. The molecule has 106 valence electrons. The van der Waals surface area contributed by atoms with Gasteiger partial charge in [0.15, 0.2) is 17.3 Å². The Kier molecular flexibility index (Phi) is 4.92. The molecule has 1 heterocycles. The number of hydrogen-bond acceptors (Lipinski definition) is 4. The Balaban J connectivity index is 2.32. The van der Waals surface area contributed by atoms with Gasteiger partial charge >= 0.3 is 0 Å². The molecule has 2 N–H and O–H groups in total. The summed E-state index contributed by atoms with van der Waals surface area (Å²) in [5, 5.41) is 0. The normalized spacial score (nSPS) is 10.4. The van der Waals surface area contributed by atoms with Gasteiger partial charge in [0.2, 0.25) is 0 Å². The first-order valence-electron chi connectivity index (χ1n) is 6.08. The molecule has 0 fully saturated rings. The molecular formula is C14H14BrFN2O2. The van der Waals surface area contributed by atoms with E-state index >= 15 is 0 Å². The lowest BCUT2D eigenvalue weighted by atomic mass is 10.2. The van der Waals surface area contributed by atoms with Crippen LogP contribution in [0.4, 0.5) is 4.39 Å². The van der Waals surface area contributed by atoms with E-state index in [0.717, 1.165) is 5.56 Å². The van der Waals surface area contributed by atoms with E-state index < -0.39 is 5.82 Å². The second-order valence-electron chi connectivity index (χ2n) is 3.96. The third kappa shape index (κ3) is 3.46. The molecule has 0 aliphatic heterocycles. The lowest BCUT2D eigenvalue weighted by molar-refractivity contribution is 0.315. The van der Waals surface area contributed by atoms with Crippen molar-refractivity contribution in [3.05, 3.63) is 46.3 Å². The highest BCUT2D eigenvalue weighted by molar-refractivity contribution is 9.10. The van der Waals surface area contributed by atoms with Crippen molar-refractivity contribution in [2.24, 2.45) is 5.73 Å². The largest absolute Gasteiger partial charge is 0.490 e. The van der Waals surface area contributed by atoms with Crippen LogP contribution in [0, 0.1) is 5.82 Å². The molecule has 0 amide bonds. The van der Waals surface area contributed by atoms with E-state index in [4.69, 9.17) is 15.2 Å². The summed E-state index contributed by atoms with van der Waals surface area (Å²) in [6.45, 7) is 2.73. The highest BCUT2D eigenvalue weighted by atomic mass is 79.9. The molecule has 2 aromatic rings. The standard InChI is InChI=1S/C14H14BrFN2O2/c1-2-19-13-5-9(7-17)3-4-12(13)20-14-11(16)6-10(15)8-18-14/h3-6,8H,2,7,17H2,1H3. The van der Waals surface area contributed by atoms with E-state index in [0.29, 0.717) is 29.1 Å². The Morgan fingerprint density at radius 3 is 2.75 bits per heavy atom. The molecule has 0 saturated carbocycles. The van der Waals surface area contributed by atoms with Crippen molar-refractivity contribution in [2.45, 2.75) is 13.5 Å². The van der Waals surface area contributed by atoms with Gasteiger partial charge < -0.3 is 15.2 Å². The first-order chi connectivity index (χ1) is 9.63. The first-order valence-corrected chi connectivity index (χ1v) is 6.88. The van der Waals surface area contributed by atoms with E-state index in [2.05, 4.69) is 20.9 Å². The number of nitrogens with zero attached hydrogens (tertiary/aromatic N) is 1. The Hall–Kier alpha value is -1.66. The van der Waals surface area contributed by atoms with Crippen LogP contribution >= 0.6 is 15.9 Å². The second kappa shape index (κ2) is 6.67. The fourth-order valence-electron chi connectivity index (χ4n) is 1.61. The molecule has 0 saturated heterocycles. The van der Waals surface area contributed by atoms with Gasteiger partial charge in [0.05, 0.1) is 6.61 Å². The quantitative estimate of drug-likeness (QED) is 0.902. The molecule has 20 heavy (non-hydrogen) atoms. The molecule has 0 atom stereocenters. The van der Waals surface area contributed by atoms with E-state index in [9.17, 15) is 4.39 Å². The van der Waals surface area contributed by atoms with Crippen LogP contribution < -0.4 is 15.2 Å². The number of hydrogen-bond donors (Lipinski definition) is 1. The lowest BCUT2D eigenvalue weighted by Crippen LogP contribution is -2.01. The van der Waals surface area contributed by atoms with Gasteiger partial charge in [-0.15, -0.1) is 0 Å². The Bertz CT molecular complexity index is 608. The first kappa shape index (κ1) is 14.7. The molecule has 0 unspecified atom stereocenters. The van der Waals surface area contributed by atoms with Crippen LogP contribution in [0.2, 0.25) is 0 Å². The average Bonchev–Trinajstić information content (AvgIpc) is 2.43. The summed E-state index contributed by atoms with van der Waals surface area (Å²) in [4.78, 5) is 3.89. The molecule has 1 aromatic heterocycles. The fourth-order valence-corrected chi connectivity index (χ4v) is 1.92. The van der Waals surface area contributed by atoms with Crippen molar-refractivity contribution in [3.63, 3.8) is 0 Å². The fraction of sp³-hybridized carbons (Fsp3) is 0.214. The third-order valence-electron chi connectivity index (χ3n) is 2.52. The average molecular weight is 341 g/mol. The van der Waals surface area contributed by atoms with Crippen LogP contribution in [0.5, 0.6) is 17.4 Å². The molecule has 6 heteroatoms. The predicted octanol–water partition coefficient (Wildman–Crippen LogP) is 3.63. The SMILES string of the molecule is CCOc1cc(CN)ccc1Oc1ncc(Br)cc1F. The molecular weight excluding hydrogens is 327 g/mol. The zero-order valence-corrected chi connectivity index (χ0v) is 12.5. The summed E-state index contributed by atoms with van der Waals surface area (Å²) in [5.41, 5.74) is 6.49. The van der Waals surface area contributed by atoms with Gasteiger partial charge in [-0.2, -0.15) is 0 Å². The smallest absolute Gasteiger partial charge is 0.256 e. The van der Waals surface area contributed by atoms with Gasteiger partial charge in [-0.05, 0) is 46.6 Å². The van der Waals surface area contributed by atoms with E-state index in [1.165, 1.54) is 12.3 Å². The summed E-state index contributed by atoms with van der Waals surface area (Å²) >= 11 is 3.14. The number of halogens is 2. The number of ether oxygens (including phenoxy) is 2. The zero-order chi connectivity index (χ0) is 14.5. The van der Waals surface area contributed by atoms with Crippen LogP contribution in [0.1, 0.15) is 12.5 Å². The summed E-state index contributed by atoms with van der Waals surface area (Å²) in [5.74, 6) is 0.261. The van der Waals surface area contributed by atoms with E-state index in [-0.39, 0.29) is 5.88 Å². The van der Waals surface area contributed by atoms with Crippen molar-refractivity contribution >= 4 is 15.9 Å². The highest BCUT2D eigenvalue weighted by Gasteiger charge is 2.12. The number of nitrogens with two attached hydrogens (primary N) is 1. The highest BCUT2D eigenvalue weighted by Crippen LogP contribution is 2.33. The molecule has 2 rings (SSSR count). The molecule has 1 aromatic carbocycles. The van der Waals surface area contributed by atoms with Gasteiger partial charge in [0, 0.05) is 17.2 Å². The van der Waals surface area contributed by atoms with Crippen molar-refractivity contribution < 1.29 is 13.9 Å². The molecule has 0 aliphatic carbocycles. The van der Waals surface area contributed by atoms with Gasteiger partial charge in [0.25, 0.3) is 5.88 Å². The van der Waals surface area contributed by atoms with E-state index in [1.54, 1.807) is 18.2 Å². The minimum atomic E-state index is -0.551. The van der Waals surface area contributed by atoms with Gasteiger partial charge in [-0.25, -0.2) is 9.37 Å². The molecule has 0 spiro atoms. The summed E-state index contributed by atoms with van der Waals surface area (Å²) in [6, 6.07) is 6.55. The Labute approximate surface area is 124 Å². The van der Waals surface area contributed by atoms with Crippen LogP contribution in [0.25, 0.3) is 0 Å². The van der Waals surface area contributed by atoms with Gasteiger partial charge in [0.1, 0.15) is 0 Å². The minimum Gasteiger partial charge on any atom is -0.490 e. The van der Waals surface area contributed by atoms with Crippen molar-refractivity contribution in [1.82, 2.24) is 4.98 Å². The maximum Gasteiger partial charge on any atom is 0.256 e. The molecule has 4 nitrogen and oxygen atoms in total. The topological polar surface area (TPSA) is 57.4 Å². The zero-order valence-electron chi connectivity index (χ0n) is 10.9. The molecule has 0 bridgehead atoms. The van der Waals surface area contributed by atoms with Crippen LogP contribution in [0.3, 0.4) is 0 Å². The van der Waals surface area contributed by atoms with Crippen molar-refractivity contribution in [2.75, 3.05) is 6.61 Å². The Morgan fingerprint density at radius 1 is 1.30 bits per heavy atom. The Morgan fingerprint density at radius 2 is 2.10 bits per heavy atom. The van der Waals surface area contributed by atoms with Crippen molar-refractivity contribution in [3.8, 4) is 17.4 Å². The summed E-state index contributed by atoms with van der Waals surface area (Å²) < 4.78 is 25.2. The third-order valence-corrected chi connectivity index (χ3v) is 2.96. The number of pyridine rings is 1. The van der Waals surface area contributed by atoms with E-state index in [1.807, 2.05) is 6.92 Å². The monoisotopic (exact) mass is 340 g/mol. The van der Waals surface area contributed by atoms with Crippen LogP contribution in [-0.4, -0.2) is 11.6 Å². The van der Waals surface area contributed by atoms with Crippen molar-refractivity contribution in [1.29, 1.82) is 0 Å². The number of benzene rings is 1. The predicted molar refractivity (Wildman–Crippen MR) is 77.5 cm³/mol. The van der Waals surface area contributed by atoms with Gasteiger partial charge in [-0.3, -0.25) is 0 Å². The lowest BCUT2D eigenvalue weighted by Gasteiger charge is -2.12. The maximum absolute atomic E-state index is 13.7. The number of rotatable bonds is 5. The second-order valence-corrected chi connectivity index (χ2v) is 4.88. The van der Waals surface area contributed by atoms with Crippen LogP contribution in [0.15, 0.2) is 34.9 Å². The van der Waals surface area contributed by atoms with Crippen LogP contribution in [-0.2, 0) is 6.54 Å². The summed E-state index contributed by atoms with van der Waals surface area (Å²) in [6.07, 6.45) is 1.47. The maximum atomic E-state index is 13.7. The van der Waals surface area contributed by atoms with Gasteiger partial charge in [-0.1, -0.05) is 6.07 Å². The number of aromatic nitrogens is 1.